The average Bonchev–Trinajstić information content (AvgIpc) is 2.94. The first-order valence-corrected chi connectivity index (χ1v) is 7.88. The monoisotopic (exact) mass is 308 g/mol. The van der Waals surface area contributed by atoms with Crippen LogP contribution >= 0.6 is 11.6 Å². The lowest BCUT2D eigenvalue weighted by atomic mass is 10.1. The first kappa shape index (κ1) is 14.8. The van der Waals surface area contributed by atoms with Gasteiger partial charge < -0.3 is 4.74 Å². The van der Waals surface area contributed by atoms with Crippen LogP contribution in [-0.4, -0.2) is 61.5 Å². The summed E-state index contributed by atoms with van der Waals surface area (Å²) in [4.78, 5) is 17.2. The van der Waals surface area contributed by atoms with Crippen molar-refractivity contribution in [1.82, 2.24) is 9.80 Å². The molecule has 0 saturated carbocycles. The normalized spacial score (nSPS) is 23.0. The van der Waals surface area contributed by atoms with Crippen molar-refractivity contribution < 1.29 is 9.53 Å². The molecule has 3 rings (SSSR count). The molecule has 0 amide bonds. The molecule has 2 saturated heterocycles. The Morgan fingerprint density at radius 2 is 2.24 bits per heavy atom. The highest BCUT2D eigenvalue weighted by atomic mass is 35.5. The van der Waals surface area contributed by atoms with Gasteiger partial charge in [-0.15, -0.1) is 0 Å². The molecule has 0 aromatic heterocycles. The van der Waals surface area contributed by atoms with E-state index >= 15 is 0 Å². The zero-order valence-electron chi connectivity index (χ0n) is 12.3. The number of carbonyl (C=O) groups excluding carboxylic acids is 1. The quantitative estimate of drug-likeness (QED) is 0.799. The fourth-order valence-electron chi connectivity index (χ4n) is 3.33. The second-order valence-electron chi connectivity index (χ2n) is 5.84. The number of methoxy groups -OCH3 is 1. The van der Waals surface area contributed by atoms with Crippen LogP contribution in [0, 0.1) is 0 Å². The fraction of sp³-hybridized carbons (Fsp3) is 0.562. The van der Waals surface area contributed by atoms with Gasteiger partial charge in [-0.05, 0) is 37.6 Å². The number of carbonyl (C=O) groups is 1. The van der Waals surface area contributed by atoms with Gasteiger partial charge >= 0.3 is 0 Å². The van der Waals surface area contributed by atoms with Gasteiger partial charge in [0.15, 0.2) is 5.78 Å². The number of halogens is 1. The number of ketones is 1. The molecule has 2 aliphatic rings. The Morgan fingerprint density at radius 1 is 1.38 bits per heavy atom. The minimum Gasteiger partial charge on any atom is -0.495 e. The molecule has 0 N–H and O–H groups in total. The largest absolute Gasteiger partial charge is 0.495 e. The van der Waals surface area contributed by atoms with Crippen molar-refractivity contribution in [3.05, 3.63) is 28.8 Å². The van der Waals surface area contributed by atoms with E-state index in [0.717, 1.165) is 19.6 Å². The summed E-state index contributed by atoms with van der Waals surface area (Å²) in [6.07, 6.45) is 2.56. The van der Waals surface area contributed by atoms with Crippen LogP contribution in [-0.2, 0) is 0 Å². The van der Waals surface area contributed by atoms with Crippen LogP contribution < -0.4 is 4.74 Å². The molecule has 0 bridgehead atoms. The van der Waals surface area contributed by atoms with Gasteiger partial charge in [0.1, 0.15) is 5.75 Å². The maximum absolute atomic E-state index is 12.4. The lowest BCUT2D eigenvalue weighted by Gasteiger charge is -2.37. The number of Topliss-reactive ketones (excluding diaryl/α,β-unsaturated/α-hetero) is 1. The number of benzene rings is 1. The number of hydrogen-bond donors (Lipinski definition) is 0. The first-order valence-electron chi connectivity index (χ1n) is 7.50. The Balaban J connectivity index is 1.62. The third kappa shape index (κ3) is 3.23. The number of nitrogens with zero attached hydrogens (tertiary/aromatic N) is 2. The summed E-state index contributed by atoms with van der Waals surface area (Å²) in [5.74, 6) is 0.735. The Bertz CT molecular complexity index is 535. The molecule has 114 valence electrons. The van der Waals surface area contributed by atoms with E-state index in [1.165, 1.54) is 19.4 Å². The van der Waals surface area contributed by atoms with Crippen molar-refractivity contribution in [1.29, 1.82) is 0 Å². The summed E-state index contributed by atoms with van der Waals surface area (Å²) >= 11 is 6.09. The molecule has 4 nitrogen and oxygen atoms in total. The van der Waals surface area contributed by atoms with E-state index in [-0.39, 0.29) is 5.78 Å². The van der Waals surface area contributed by atoms with Crippen LogP contribution in [0.25, 0.3) is 0 Å². The third-order valence-corrected chi connectivity index (χ3v) is 4.81. The number of fused-ring (bicyclic) bond motifs is 1. The van der Waals surface area contributed by atoms with Gasteiger partial charge in [-0.1, -0.05) is 11.6 Å². The highest BCUT2D eigenvalue weighted by Crippen LogP contribution is 2.26. The summed E-state index contributed by atoms with van der Waals surface area (Å²) in [7, 11) is 1.57. The molecule has 1 aromatic rings. The van der Waals surface area contributed by atoms with Crippen molar-refractivity contribution in [2.24, 2.45) is 0 Å². The van der Waals surface area contributed by atoms with Crippen LogP contribution in [0.3, 0.4) is 0 Å². The number of rotatable bonds is 4. The van der Waals surface area contributed by atoms with E-state index in [4.69, 9.17) is 16.3 Å². The molecule has 2 aliphatic heterocycles. The second kappa shape index (κ2) is 6.34. The lowest BCUT2D eigenvalue weighted by Crippen LogP contribution is -2.51. The van der Waals surface area contributed by atoms with Gasteiger partial charge in [0.05, 0.1) is 18.7 Å². The van der Waals surface area contributed by atoms with E-state index in [1.807, 2.05) is 0 Å². The Hall–Kier alpha value is -1.10. The molecule has 5 heteroatoms. The van der Waals surface area contributed by atoms with E-state index in [2.05, 4.69) is 9.80 Å². The molecule has 0 radical (unpaired) electrons. The van der Waals surface area contributed by atoms with Crippen LogP contribution in [0.15, 0.2) is 18.2 Å². The smallest absolute Gasteiger partial charge is 0.176 e. The number of ether oxygens (including phenoxy) is 1. The van der Waals surface area contributed by atoms with Gasteiger partial charge in [-0.25, -0.2) is 0 Å². The van der Waals surface area contributed by atoms with Gasteiger partial charge in [0, 0.05) is 31.2 Å². The molecule has 1 aromatic carbocycles. The molecule has 2 heterocycles. The van der Waals surface area contributed by atoms with Crippen LogP contribution in [0.5, 0.6) is 5.75 Å². The molecule has 2 fully saturated rings. The summed E-state index contributed by atoms with van der Waals surface area (Å²) < 4.78 is 5.12. The Kier molecular flexibility index (Phi) is 4.48. The van der Waals surface area contributed by atoms with E-state index < -0.39 is 0 Å². The maximum atomic E-state index is 12.4. The fourth-order valence-corrected chi connectivity index (χ4v) is 3.59. The van der Waals surface area contributed by atoms with Crippen LogP contribution in [0.2, 0.25) is 5.02 Å². The molecule has 0 aliphatic carbocycles. The number of hydrogen-bond acceptors (Lipinski definition) is 4. The molecule has 1 atom stereocenters. The van der Waals surface area contributed by atoms with Gasteiger partial charge in [0.2, 0.25) is 0 Å². The zero-order chi connectivity index (χ0) is 14.8. The number of piperazine rings is 1. The topological polar surface area (TPSA) is 32.8 Å². The highest BCUT2D eigenvalue weighted by Gasteiger charge is 2.31. The molecular weight excluding hydrogens is 288 g/mol. The molecule has 0 spiro atoms. The van der Waals surface area contributed by atoms with Gasteiger partial charge in [0.25, 0.3) is 0 Å². The van der Waals surface area contributed by atoms with Gasteiger partial charge in [-0.2, -0.15) is 0 Å². The summed E-state index contributed by atoms with van der Waals surface area (Å²) in [5.41, 5.74) is 0.662. The molecule has 21 heavy (non-hydrogen) atoms. The van der Waals surface area contributed by atoms with E-state index in [9.17, 15) is 4.79 Å². The third-order valence-electron chi connectivity index (χ3n) is 4.51. The summed E-state index contributed by atoms with van der Waals surface area (Å²) in [6.45, 7) is 4.77. The Morgan fingerprint density at radius 3 is 3.00 bits per heavy atom. The van der Waals surface area contributed by atoms with Crippen molar-refractivity contribution in [2.45, 2.75) is 18.9 Å². The van der Waals surface area contributed by atoms with Crippen molar-refractivity contribution in [2.75, 3.05) is 39.8 Å². The minimum absolute atomic E-state index is 0.131. The van der Waals surface area contributed by atoms with E-state index in [1.54, 1.807) is 25.3 Å². The predicted molar refractivity (Wildman–Crippen MR) is 83.4 cm³/mol. The summed E-state index contributed by atoms with van der Waals surface area (Å²) in [5, 5.41) is 0.490. The average molecular weight is 309 g/mol. The minimum atomic E-state index is 0.131. The molecule has 1 unspecified atom stereocenters. The van der Waals surface area contributed by atoms with Crippen LogP contribution in [0.1, 0.15) is 23.2 Å². The zero-order valence-corrected chi connectivity index (χ0v) is 13.1. The second-order valence-corrected chi connectivity index (χ2v) is 6.25. The predicted octanol–water partition coefficient (Wildman–Crippen LogP) is 2.31. The van der Waals surface area contributed by atoms with Crippen molar-refractivity contribution in [3.8, 4) is 5.75 Å². The van der Waals surface area contributed by atoms with E-state index in [0.29, 0.717) is 28.9 Å². The first-order chi connectivity index (χ1) is 10.2. The van der Waals surface area contributed by atoms with Gasteiger partial charge in [-0.3, -0.25) is 14.6 Å². The standard InChI is InChI=1S/C16H21ClN2O2/c1-21-16-5-4-12(9-14(16)17)15(20)11-18-7-8-19-6-2-3-13(19)10-18/h4-5,9,13H,2-3,6-8,10-11H2,1H3. The molecular formula is C16H21ClN2O2. The summed E-state index contributed by atoms with van der Waals surface area (Å²) in [6, 6.07) is 5.89. The van der Waals surface area contributed by atoms with Crippen LogP contribution in [0.4, 0.5) is 0 Å². The van der Waals surface area contributed by atoms with Crippen molar-refractivity contribution >= 4 is 17.4 Å². The van der Waals surface area contributed by atoms with Crippen molar-refractivity contribution in [3.63, 3.8) is 0 Å². The SMILES string of the molecule is COc1ccc(C(=O)CN2CCN3CCCC3C2)cc1Cl. The Labute approximate surface area is 130 Å². The lowest BCUT2D eigenvalue weighted by molar-refractivity contribution is 0.0784. The highest BCUT2D eigenvalue weighted by molar-refractivity contribution is 6.32. The maximum Gasteiger partial charge on any atom is 0.176 e.